The van der Waals surface area contributed by atoms with E-state index in [1.807, 2.05) is 0 Å². The van der Waals surface area contributed by atoms with Gasteiger partial charge in [0.15, 0.2) is 11.2 Å². The second-order valence-electron chi connectivity index (χ2n) is 6.17. The van der Waals surface area contributed by atoms with Gasteiger partial charge in [-0.3, -0.25) is 14.3 Å². The van der Waals surface area contributed by atoms with Gasteiger partial charge in [0.2, 0.25) is 5.95 Å². The highest BCUT2D eigenvalue weighted by molar-refractivity contribution is 5.74. The van der Waals surface area contributed by atoms with Crippen molar-refractivity contribution in [2.24, 2.45) is 13.0 Å². The summed E-state index contributed by atoms with van der Waals surface area (Å²) in [5.74, 6) is 0.895. The summed E-state index contributed by atoms with van der Waals surface area (Å²) in [6, 6.07) is 0. The van der Waals surface area contributed by atoms with Crippen LogP contribution in [0, 0.1) is 5.92 Å². The Bertz CT molecular complexity index is 799. The van der Waals surface area contributed by atoms with E-state index in [2.05, 4.69) is 23.8 Å². The molecule has 0 spiro atoms. The number of fused-ring (bicyclic) bond motifs is 1. The number of hydrogen-bond donors (Lipinski definition) is 3. The molecule has 0 unspecified atom stereocenters. The predicted molar refractivity (Wildman–Crippen MR) is 91.4 cm³/mol. The van der Waals surface area contributed by atoms with Crippen LogP contribution in [-0.4, -0.2) is 55.6 Å². The standard InChI is InChI=1S/C15H25N5O4/c1-10(2)4-5-20-11-12(18(3)15(24)17-13(11)23)16-14(20)19(6-8-21)7-9-22/h10,21-22H,4-9H2,1-3H3,(H,17,23,24). The van der Waals surface area contributed by atoms with E-state index in [1.54, 1.807) is 16.5 Å². The molecule has 0 radical (unpaired) electrons. The van der Waals surface area contributed by atoms with Crippen molar-refractivity contribution in [3.63, 3.8) is 0 Å². The maximum absolute atomic E-state index is 12.3. The molecule has 2 aromatic rings. The number of aryl methyl sites for hydroxylation is 2. The first kappa shape index (κ1) is 18.2. The largest absolute Gasteiger partial charge is 0.395 e. The summed E-state index contributed by atoms with van der Waals surface area (Å²) in [5.41, 5.74) is -0.385. The van der Waals surface area contributed by atoms with E-state index in [0.29, 0.717) is 29.6 Å². The Labute approximate surface area is 139 Å². The number of hydrogen-bond acceptors (Lipinski definition) is 6. The van der Waals surface area contributed by atoms with Crippen molar-refractivity contribution in [3.05, 3.63) is 20.8 Å². The molecule has 0 aliphatic heterocycles. The molecule has 0 aromatic carbocycles. The van der Waals surface area contributed by atoms with E-state index in [1.165, 1.54) is 4.57 Å². The average molecular weight is 339 g/mol. The molecule has 0 fully saturated rings. The van der Waals surface area contributed by atoms with Gasteiger partial charge in [0.25, 0.3) is 5.56 Å². The first-order chi connectivity index (χ1) is 11.4. The molecule has 9 heteroatoms. The van der Waals surface area contributed by atoms with Gasteiger partial charge in [-0.2, -0.15) is 4.98 Å². The molecule has 2 aromatic heterocycles. The van der Waals surface area contributed by atoms with Gasteiger partial charge >= 0.3 is 5.69 Å². The van der Waals surface area contributed by atoms with Crippen LogP contribution < -0.4 is 16.1 Å². The van der Waals surface area contributed by atoms with Crippen LogP contribution in [0.2, 0.25) is 0 Å². The van der Waals surface area contributed by atoms with Crippen LogP contribution in [0.3, 0.4) is 0 Å². The lowest BCUT2D eigenvalue weighted by molar-refractivity contribution is 0.279. The molecular weight excluding hydrogens is 314 g/mol. The van der Waals surface area contributed by atoms with Crippen LogP contribution >= 0.6 is 0 Å². The molecular formula is C15H25N5O4. The van der Waals surface area contributed by atoms with Gasteiger partial charge in [0, 0.05) is 26.7 Å². The molecule has 0 aliphatic rings. The zero-order valence-electron chi connectivity index (χ0n) is 14.3. The van der Waals surface area contributed by atoms with Gasteiger partial charge in [-0.1, -0.05) is 13.8 Å². The Balaban J connectivity index is 2.69. The third kappa shape index (κ3) is 3.51. The number of aromatic amines is 1. The van der Waals surface area contributed by atoms with Crippen LogP contribution in [0.5, 0.6) is 0 Å². The van der Waals surface area contributed by atoms with Crippen LogP contribution in [0.4, 0.5) is 5.95 Å². The summed E-state index contributed by atoms with van der Waals surface area (Å²) in [6.45, 7) is 5.05. The molecule has 0 saturated heterocycles. The van der Waals surface area contributed by atoms with Crippen LogP contribution in [-0.2, 0) is 13.6 Å². The van der Waals surface area contributed by atoms with E-state index >= 15 is 0 Å². The summed E-state index contributed by atoms with van der Waals surface area (Å²) < 4.78 is 3.06. The molecule has 2 heterocycles. The minimum atomic E-state index is -0.525. The number of anilines is 1. The number of nitrogens with one attached hydrogen (secondary N) is 1. The molecule has 0 amide bonds. The predicted octanol–water partition coefficient (Wildman–Crippen LogP) is -0.740. The first-order valence-corrected chi connectivity index (χ1v) is 8.06. The van der Waals surface area contributed by atoms with E-state index in [-0.39, 0.29) is 26.3 Å². The van der Waals surface area contributed by atoms with Crippen molar-refractivity contribution in [3.8, 4) is 0 Å². The minimum absolute atomic E-state index is 0.108. The number of nitrogens with zero attached hydrogens (tertiary/aromatic N) is 4. The highest BCUT2D eigenvalue weighted by Crippen LogP contribution is 2.20. The zero-order chi connectivity index (χ0) is 17.9. The Hall–Kier alpha value is -2.13. The summed E-state index contributed by atoms with van der Waals surface area (Å²) in [7, 11) is 1.55. The summed E-state index contributed by atoms with van der Waals surface area (Å²) in [5, 5.41) is 18.6. The van der Waals surface area contributed by atoms with Crippen molar-refractivity contribution in [2.45, 2.75) is 26.8 Å². The van der Waals surface area contributed by atoms with Crippen LogP contribution in [0.25, 0.3) is 11.2 Å². The molecule has 134 valence electrons. The normalized spacial score (nSPS) is 11.6. The molecule has 0 saturated carbocycles. The number of H-pyrrole nitrogens is 1. The molecule has 0 atom stereocenters. The number of imidazole rings is 1. The van der Waals surface area contributed by atoms with E-state index < -0.39 is 11.2 Å². The number of aliphatic hydroxyl groups excluding tert-OH is 2. The molecule has 0 aliphatic carbocycles. The van der Waals surface area contributed by atoms with Gasteiger partial charge in [-0.15, -0.1) is 0 Å². The molecule has 3 N–H and O–H groups in total. The van der Waals surface area contributed by atoms with Gasteiger partial charge in [-0.25, -0.2) is 4.79 Å². The van der Waals surface area contributed by atoms with E-state index in [4.69, 9.17) is 0 Å². The van der Waals surface area contributed by atoms with Crippen molar-refractivity contribution in [2.75, 3.05) is 31.2 Å². The zero-order valence-corrected chi connectivity index (χ0v) is 14.3. The summed E-state index contributed by atoms with van der Waals surface area (Å²) in [4.78, 5) is 32.6. The molecule has 2 rings (SSSR count). The third-order valence-electron chi connectivity index (χ3n) is 3.94. The van der Waals surface area contributed by atoms with Crippen molar-refractivity contribution in [1.82, 2.24) is 19.1 Å². The highest BCUT2D eigenvalue weighted by atomic mass is 16.3. The lowest BCUT2D eigenvalue weighted by Crippen LogP contribution is -2.32. The Kier molecular flexibility index (Phi) is 5.79. The van der Waals surface area contributed by atoms with Gasteiger partial charge < -0.3 is 19.7 Å². The quantitative estimate of drug-likeness (QED) is 0.583. The Morgan fingerprint density at radius 3 is 2.38 bits per heavy atom. The van der Waals surface area contributed by atoms with Gasteiger partial charge in [0.05, 0.1) is 13.2 Å². The van der Waals surface area contributed by atoms with E-state index in [9.17, 15) is 19.8 Å². The highest BCUT2D eigenvalue weighted by Gasteiger charge is 2.21. The summed E-state index contributed by atoms with van der Waals surface area (Å²) >= 11 is 0. The fraction of sp³-hybridized carbons (Fsp3) is 0.667. The molecule has 0 bridgehead atoms. The average Bonchev–Trinajstić information content (AvgIpc) is 2.90. The Morgan fingerprint density at radius 2 is 1.83 bits per heavy atom. The lowest BCUT2D eigenvalue weighted by Gasteiger charge is -2.23. The van der Waals surface area contributed by atoms with Crippen molar-refractivity contribution < 1.29 is 10.2 Å². The molecule has 24 heavy (non-hydrogen) atoms. The SMILES string of the molecule is CC(C)CCn1c(N(CCO)CCO)nc2c1c(=O)[nH]c(=O)n2C. The second kappa shape index (κ2) is 7.63. The lowest BCUT2D eigenvalue weighted by atomic mass is 10.1. The smallest absolute Gasteiger partial charge is 0.329 e. The van der Waals surface area contributed by atoms with Crippen LogP contribution in [0.1, 0.15) is 20.3 Å². The van der Waals surface area contributed by atoms with Gasteiger partial charge in [0.1, 0.15) is 0 Å². The fourth-order valence-corrected chi connectivity index (χ4v) is 2.62. The summed E-state index contributed by atoms with van der Waals surface area (Å²) in [6.07, 6.45) is 0.826. The number of aromatic nitrogens is 4. The Morgan fingerprint density at radius 1 is 1.21 bits per heavy atom. The van der Waals surface area contributed by atoms with E-state index in [0.717, 1.165) is 6.42 Å². The molecule has 9 nitrogen and oxygen atoms in total. The van der Waals surface area contributed by atoms with Gasteiger partial charge in [-0.05, 0) is 12.3 Å². The topological polar surface area (TPSA) is 116 Å². The number of aliphatic hydroxyl groups is 2. The number of rotatable bonds is 8. The van der Waals surface area contributed by atoms with Crippen molar-refractivity contribution >= 4 is 17.1 Å². The maximum atomic E-state index is 12.3. The maximum Gasteiger partial charge on any atom is 0.329 e. The second-order valence-corrected chi connectivity index (χ2v) is 6.17. The monoisotopic (exact) mass is 339 g/mol. The fourth-order valence-electron chi connectivity index (χ4n) is 2.62. The minimum Gasteiger partial charge on any atom is -0.395 e. The first-order valence-electron chi connectivity index (χ1n) is 8.06. The van der Waals surface area contributed by atoms with Crippen LogP contribution in [0.15, 0.2) is 9.59 Å². The van der Waals surface area contributed by atoms with Crippen molar-refractivity contribution in [1.29, 1.82) is 0 Å². The third-order valence-corrected chi connectivity index (χ3v) is 3.94.